The third-order valence-electron chi connectivity index (χ3n) is 9.06. The van der Waals surface area contributed by atoms with Crippen LogP contribution in [0.2, 0.25) is 0 Å². The van der Waals surface area contributed by atoms with Gasteiger partial charge in [0.2, 0.25) is 12.0 Å². The molecule has 40 heavy (non-hydrogen) atoms. The average Bonchev–Trinajstić information content (AvgIpc) is 3.41. The van der Waals surface area contributed by atoms with Crippen LogP contribution in [-0.4, -0.2) is 87.6 Å². The molecule has 0 radical (unpaired) electrons. The van der Waals surface area contributed by atoms with Gasteiger partial charge in [0.05, 0.1) is 32.7 Å². The Morgan fingerprint density at radius 1 is 1.07 bits per heavy atom. The van der Waals surface area contributed by atoms with Crippen LogP contribution in [0.5, 0.6) is 11.5 Å². The molecule has 2 fully saturated rings. The number of hydrogen-bond acceptors (Lipinski definition) is 11. The van der Waals surface area contributed by atoms with Crippen molar-refractivity contribution in [2.75, 3.05) is 20.3 Å². The van der Waals surface area contributed by atoms with E-state index in [0.717, 1.165) is 0 Å². The number of carbonyl (C=O) groups excluding carboxylic acids is 1. The van der Waals surface area contributed by atoms with Crippen molar-refractivity contribution in [1.29, 1.82) is 0 Å². The first-order valence-electron chi connectivity index (χ1n) is 13.5. The highest BCUT2D eigenvalue weighted by Gasteiger charge is 2.76. The summed E-state index contributed by atoms with van der Waals surface area (Å²) < 4.78 is 28.9. The number of furan rings is 1. The van der Waals surface area contributed by atoms with Crippen LogP contribution in [0.1, 0.15) is 18.9 Å². The first-order valence-corrected chi connectivity index (χ1v) is 13.5. The molecule has 2 heterocycles. The average molecular weight is 559 g/mol. The molecular weight excluding hydrogens is 524 g/mol. The molecule has 1 aromatic heterocycles. The zero-order valence-corrected chi connectivity index (χ0v) is 22.2. The van der Waals surface area contributed by atoms with Crippen LogP contribution in [0.3, 0.4) is 0 Å². The second-order valence-corrected chi connectivity index (χ2v) is 10.9. The van der Waals surface area contributed by atoms with Crippen molar-refractivity contribution in [2.45, 2.75) is 55.6 Å². The van der Waals surface area contributed by atoms with Crippen molar-refractivity contribution in [3.05, 3.63) is 48.3 Å². The van der Waals surface area contributed by atoms with Crippen LogP contribution in [0.4, 0.5) is 0 Å². The Bertz CT molecular complexity index is 1350. The van der Waals surface area contributed by atoms with Crippen LogP contribution >= 0.6 is 0 Å². The molecule has 1 saturated heterocycles. The third kappa shape index (κ3) is 3.69. The number of methoxy groups -OCH3 is 1. The monoisotopic (exact) mass is 558 g/mol. The van der Waals surface area contributed by atoms with Crippen molar-refractivity contribution in [2.24, 2.45) is 23.7 Å². The van der Waals surface area contributed by atoms with E-state index < -0.39 is 72.1 Å². The Morgan fingerprint density at radius 3 is 2.58 bits per heavy atom. The van der Waals surface area contributed by atoms with Crippen molar-refractivity contribution in [3.63, 3.8) is 0 Å². The SMILES string of the molecule is CCOC(=O)CCc1cc2ccoc2c(OC)c1O[C@@H]1O[C@H](CO)[C@]2(O)[C@H](O)[C@@]1(O)[C@@H]1[C@@H]3C=C[C@H]2[C@H]1C=C[C@H]3O. The molecule has 1 aromatic carbocycles. The van der Waals surface area contributed by atoms with Gasteiger partial charge < -0.3 is 48.9 Å². The molecule has 1 saturated carbocycles. The van der Waals surface area contributed by atoms with Gasteiger partial charge in [-0.3, -0.25) is 4.79 Å². The number of aryl methyl sites for hydroxylation is 1. The molecule has 216 valence electrons. The highest BCUT2D eigenvalue weighted by Crippen LogP contribution is 2.61. The predicted octanol–water partition coefficient (Wildman–Crippen LogP) is 0.835. The van der Waals surface area contributed by atoms with E-state index in [1.54, 1.807) is 43.4 Å². The molecule has 2 aromatic rings. The summed E-state index contributed by atoms with van der Waals surface area (Å²) in [5, 5.41) is 57.6. The van der Waals surface area contributed by atoms with Gasteiger partial charge in [0.15, 0.2) is 16.9 Å². The zero-order chi connectivity index (χ0) is 28.4. The number of hydrogen-bond donors (Lipinski definition) is 5. The predicted molar refractivity (Wildman–Crippen MR) is 138 cm³/mol. The first kappa shape index (κ1) is 27.3. The number of carbonyl (C=O) groups is 1. The maximum Gasteiger partial charge on any atom is 0.306 e. The van der Waals surface area contributed by atoms with Gasteiger partial charge in [-0.25, -0.2) is 0 Å². The lowest BCUT2D eigenvalue weighted by atomic mass is 9.46. The molecular formula is C29H34O11. The first-order chi connectivity index (χ1) is 19.2. The fraction of sp³-hybridized carbons (Fsp3) is 0.552. The standard InChI is InChI=1S/C29H34O11/c1-3-37-21(32)9-4-14-12-15-10-11-38-23(15)25(36-2)24(14)40-27-29(35)22-16-6-8-19(31)17(22)5-7-18(16)28(34,26(29)33)20(13-30)39-27/h5-8,10-12,16-20,22,26-27,30-31,33-35H,3-4,9,13H2,1-2H3/t16-,17-,18+,19-,20-,22+,26+,27+,28+,29+/m1/s1. The summed E-state index contributed by atoms with van der Waals surface area (Å²) >= 11 is 0. The number of benzene rings is 1. The fourth-order valence-corrected chi connectivity index (χ4v) is 7.28. The molecule has 6 bridgehead atoms. The van der Waals surface area contributed by atoms with Crippen molar-refractivity contribution < 1.29 is 53.7 Å². The topological polar surface area (TPSA) is 168 Å². The third-order valence-corrected chi connectivity index (χ3v) is 9.06. The molecule has 0 amide bonds. The van der Waals surface area contributed by atoms with Crippen LogP contribution < -0.4 is 9.47 Å². The quantitative estimate of drug-likeness (QED) is 0.230. The Balaban J connectivity index is 1.47. The van der Waals surface area contributed by atoms with Gasteiger partial charge in [0, 0.05) is 29.6 Å². The lowest BCUT2D eigenvalue weighted by Crippen LogP contribution is -2.84. The molecule has 5 N–H and O–H groups in total. The Kier molecular flexibility index (Phi) is 6.72. The van der Waals surface area contributed by atoms with Gasteiger partial charge in [0.1, 0.15) is 17.8 Å². The molecule has 1 aliphatic heterocycles. The van der Waals surface area contributed by atoms with Gasteiger partial charge in [-0.2, -0.15) is 0 Å². The molecule has 3 aliphatic carbocycles. The normalized spacial score (nSPS) is 39.3. The molecule has 0 unspecified atom stereocenters. The van der Waals surface area contributed by atoms with E-state index in [9.17, 15) is 30.3 Å². The number of allylic oxidation sites excluding steroid dienone is 1. The maximum atomic E-state index is 12.4. The lowest BCUT2D eigenvalue weighted by Gasteiger charge is -2.67. The second kappa shape index (κ2) is 9.86. The molecule has 11 heteroatoms. The number of aliphatic hydroxyl groups is 5. The van der Waals surface area contributed by atoms with Gasteiger partial charge >= 0.3 is 5.97 Å². The smallest absolute Gasteiger partial charge is 0.306 e. The summed E-state index contributed by atoms with van der Waals surface area (Å²) in [6.07, 6.45) is 2.85. The molecule has 10 atom stereocenters. The summed E-state index contributed by atoms with van der Waals surface area (Å²) in [5.41, 5.74) is -3.38. The minimum absolute atomic E-state index is 0.0321. The van der Waals surface area contributed by atoms with Gasteiger partial charge in [0.25, 0.3) is 0 Å². The Morgan fingerprint density at radius 2 is 1.85 bits per heavy atom. The highest BCUT2D eigenvalue weighted by atomic mass is 16.7. The van der Waals surface area contributed by atoms with Crippen molar-refractivity contribution in [1.82, 2.24) is 0 Å². The summed E-state index contributed by atoms with van der Waals surface area (Å²) in [6, 6.07) is 3.50. The minimum atomic E-state index is -2.22. The number of fused-ring (bicyclic) bond motifs is 4. The van der Waals surface area contributed by atoms with Gasteiger partial charge in [-0.05, 0) is 37.0 Å². The number of rotatable bonds is 8. The lowest BCUT2D eigenvalue weighted by molar-refractivity contribution is -0.401. The van der Waals surface area contributed by atoms with Gasteiger partial charge in [-0.1, -0.05) is 24.3 Å². The van der Waals surface area contributed by atoms with E-state index in [2.05, 4.69) is 0 Å². The maximum absolute atomic E-state index is 12.4. The summed E-state index contributed by atoms with van der Waals surface area (Å²) in [4.78, 5) is 12.2. The summed E-state index contributed by atoms with van der Waals surface area (Å²) in [7, 11) is 1.42. The van der Waals surface area contributed by atoms with Crippen LogP contribution in [0.25, 0.3) is 11.0 Å². The Hall–Kier alpha value is -2.93. The van der Waals surface area contributed by atoms with E-state index in [1.165, 1.54) is 13.4 Å². The molecule has 4 aliphatic rings. The fourth-order valence-electron chi connectivity index (χ4n) is 7.28. The molecule has 6 rings (SSSR count). The zero-order valence-electron chi connectivity index (χ0n) is 22.2. The van der Waals surface area contributed by atoms with E-state index >= 15 is 0 Å². The minimum Gasteiger partial charge on any atom is -0.490 e. The molecule has 0 spiro atoms. The van der Waals surface area contributed by atoms with Crippen LogP contribution in [-0.2, 0) is 20.7 Å². The van der Waals surface area contributed by atoms with Gasteiger partial charge in [-0.15, -0.1) is 0 Å². The van der Waals surface area contributed by atoms with E-state index in [-0.39, 0.29) is 30.9 Å². The largest absolute Gasteiger partial charge is 0.490 e. The van der Waals surface area contributed by atoms with Crippen LogP contribution in [0.15, 0.2) is 47.1 Å². The highest BCUT2D eigenvalue weighted by molar-refractivity contribution is 5.87. The van der Waals surface area contributed by atoms with E-state index in [4.69, 9.17) is 23.4 Å². The van der Waals surface area contributed by atoms with Crippen LogP contribution in [0, 0.1) is 23.7 Å². The Labute approximate surface area is 230 Å². The number of esters is 1. The summed E-state index contributed by atoms with van der Waals surface area (Å²) in [6.45, 7) is 1.29. The number of ether oxygens (including phenoxy) is 4. The number of aliphatic hydroxyl groups excluding tert-OH is 3. The van der Waals surface area contributed by atoms with E-state index in [0.29, 0.717) is 16.5 Å². The molecule has 11 nitrogen and oxygen atoms in total. The van der Waals surface area contributed by atoms with E-state index in [1.807, 2.05) is 0 Å². The second-order valence-electron chi connectivity index (χ2n) is 10.9. The van der Waals surface area contributed by atoms with Crippen molar-refractivity contribution >= 4 is 16.9 Å². The summed E-state index contributed by atoms with van der Waals surface area (Å²) in [5.74, 6) is -2.65. The van der Waals surface area contributed by atoms with Crippen molar-refractivity contribution in [3.8, 4) is 11.5 Å².